The maximum absolute atomic E-state index is 5.14. The lowest BCUT2D eigenvalue weighted by atomic mass is 9.91. The van der Waals surface area contributed by atoms with Crippen LogP contribution in [0.3, 0.4) is 0 Å². The topological polar surface area (TPSA) is 38.7 Å². The minimum atomic E-state index is 0.640. The molecule has 3 heteroatoms. The number of nitrogens with zero attached hydrogens (tertiary/aromatic N) is 3. The standard InChI is InChI=1S/C52H35N3/c1-6-17-35(18-7-1)40-29-42(31-43(30-40)52-54-50(38-23-12-4-13-24-38)53-51(55-52)39-25-14-5-15-26-39)44-27-16-28-45-47-33-41(36-19-8-2-9-20-36)32-46(49(47)34-48(44)45)37-21-10-3-11-22-37/h1-33H,34H2. The van der Waals surface area contributed by atoms with Crippen molar-refractivity contribution in [1.29, 1.82) is 0 Å². The van der Waals surface area contributed by atoms with Crippen LogP contribution < -0.4 is 0 Å². The van der Waals surface area contributed by atoms with Gasteiger partial charge in [-0.2, -0.15) is 0 Å². The Kier molecular flexibility index (Phi) is 8.23. The third kappa shape index (κ3) is 6.22. The van der Waals surface area contributed by atoms with Crippen LogP contribution in [-0.4, -0.2) is 15.0 Å². The fourth-order valence-electron chi connectivity index (χ4n) is 7.90. The number of rotatable bonds is 7. The highest BCUT2D eigenvalue weighted by atomic mass is 15.0. The number of hydrogen-bond donors (Lipinski definition) is 0. The van der Waals surface area contributed by atoms with Gasteiger partial charge in [-0.05, 0) is 104 Å². The van der Waals surface area contributed by atoms with Gasteiger partial charge < -0.3 is 0 Å². The zero-order chi connectivity index (χ0) is 36.6. The van der Waals surface area contributed by atoms with Crippen LogP contribution in [0.15, 0.2) is 200 Å². The van der Waals surface area contributed by atoms with Crippen molar-refractivity contribution < 1.29 is 0 Å². The molecule has 9 aromatic rings. The van der Waals surface area contributed by atoms with Gasteiger partial charge in [0.25, 0.3) is 0 Å². The maximum atomic E-state index is 5.14. The van der Waals surface area contributed by atoms with E-state index >= 15 is 0 Å². The number of hydrogen-bond acceptors (Lipinski definition) is 3. The zero-order valence-corrected chi connectivity index (χ0v) is 30.1. The first-order chi connectivity index (χ1) is 27.2. The minimum Gasteiger partial charge on any atom is -0.208 e. The van der Waals surface area contributed by atoms with Crippen molar-refractivity contribution in [2.24, 2.45) is 0 Å². The molecule has 0 amide bonds. The lowest BCUT2D eigenvalue weighted by Crippen LogP contribution is -2.00. The van der Waals surface area contributed by atoms with E-state index in [-0.39, 0.29) is 0 Å². The average molecular weight is 702 g/mol. The van der Waals surface area contributed by atoms with Gasteiger partial charge in [0.1, 0.15) is 0 Å². The van der Waals surface area contributed by atoms with Gasteiger partial charge >= 0.3 is 0 Å². The predicted molar refractivity (Wildman–Crippen MR) is 226 cm³/mol. The van der Waals surface area contributed by atoms with Gasteiger partial charge in [0, 0.05) is 16.7 Å². The Morgan fingerprint density at radius 3 is 1.16 bits per heavy atom. The maximum Gasteiger partial charge on any atom is 0.164 e. The van der Waals surface area contributed by atoms with Gasteiger partial charge in [0.15, 0.2) is 17.5 Å². The van der Waals surface area contributed by atoms with E-state index in [1.165, 1.54) is 50.1 Å². The molecule has 3 nitrogen and oxygen atoms in total. The van der Waals surface area contributed by atoms with E-state index in [4.69, 9.17) is 15.0 Å². The third-order valence-electron chi connectivity index (χ3n) is 10.6. The first-order valence-electron chi connectivity index (χ1n) is 18.7. The second-order valence-corrected chi connectivity index (χ2v) is 14.0. The summed E-state index contributed by atoms with van der Waals surface area (Å²) in [5, 5.41) is 0. The molecule has 0 bridgehead atoms. The average Bonchev–Trinajstić information content (AvgIpc) is 3.66. The Labute approximate surface area is 321 Å². The summed E-state index contributed by atoms with van der Waals surface area (Å²) in [5.41, 5.74) is 17.7. The summed E-state index contributed by atoms with van der Waals surface area (Å²) in [6, 6.07) is 70.8. The Hall–Kier alpha value is -7.23. The number of benzene rings is 8. The van der Waals surface area contributed by atoms with Gasteiger partial charge in [-0.3, -0.25) is 0 Å². The van der Waals surface area contributed by atoms with E-state index in [9.17, 15) is 0 Å². The molecule has 0 saturated carbocycles. The van der Waals surface area contributed by atoms with E-state index in [0.29, 0.717) is 17.5 Å². The third-order valence-corrected chi connectivity index (χ3v) is 10.6. The Balaban J connectivity index is 1.17. The minimum absolute atomic E-state index is 0.640. The van der Waals surface area contributed by atoms with Crippen molar-refractivity contribution in [2.75, 3.05) is 0 Å². The molecule has 1 heterocycles. The largest absolute Gasteiger partial charge is 0.208 e. The fraction of sp³-hybridized carbons (Fsp3) is 0.0192. The molecule has 0 radical (unpaired) electrons. The summed E-state index contributed by atoms with van der Waals surface area (Å²) in [4.78, 5) is 15.2. The van der Waals surface area contributed by atoms with Gasteiger partial charge in [0.2, 0.25) is 0 Å². The van der Waals surface area contributed by atoms with Crippen LogP contribution in [0.5, 0.6) is 0 Å². The molecule has 0 fully saturated rings. The van der Waals surface area contributed by atoms with Crippen molar-refractivity contribution in [3.63, 3.8) is 0 Å². The zero-order valence-electron chi connectivity index (χ0n) is 30.1. The van der Waals surface area contributed by atoms with Crippen LogP contribution in [0.4, 0.5) is 0 Å². The molecule has 1 aromatic heterocycles. The summed E-state index contributed by atoms with van der Waals surface area (Å²) >= 11 is 0. The SMILES string of the molecule is c1ccc(-c2cc(-c3nc(-c4ccccc4)nc(-c4ccccc4)n3)cc(-c3cccc4c3Cc3c(-c5ccccc5)cc(-c5ccccc5)cc3-4)c2)cc1. The molecular formula is C52H35N3. The summed E-state index contributed by atoms with van der Waals surface area (Å²) in [6.45, 7) is 0. The summed E-state index contributed by atoms with van der Waals surface area (Å²) in [6.07, 6.45) is 0.840. The van der Waals surface area contributed by atoms with E-state index in [1.807, 2.05) is 36.4 Å². The normalized spacial score (nSPS) is 11.6. The molecule has 0 spiro atoms. The molecule has 0 unspecified atom stereocenters. The molecule has 258 valence electrons. The Morgan fingerprint density at radius 1 is 0.236 bits per heavy atom. The van der Waals surface area contributed by atoms with Crippen molar-refractivity contribution in [2.45, 2.75) is 6.42 Å². The van der Waals surface area contributed by atoms with Crippen molar-refractivity contribution in [1.82, 2.24) is 15.0 Å². The highest BCUT2D eigenvalue weighted by Gasteiger charge is 2.26. The van der Waals surface area contributed by atoms with E-state index in [2.05, 4.69) is 164 Å². The predicted octanol–water partition coefficient (Wildman–Crippen LogP) is 13.1. The second kappa shape index (κ2) is 14.0. The highest BCUT2D eigenvalue weighted by Crippen LogP contribution is 2.48. The lowest BCUT2D eigenvalue weighted by Gasteiger charge is -2.14. The quantitative estimate of drug-likeness (QED) is 0.166. The molecule has 10 rings (SSSR count). The first-order valence-corrected chi connectivity index (χ1v) is 18.7. The summed E-state index contributed by atoms with van der Waals surface area (Å²) in [5.74, 6) is 1.94. The fourth-order valence-corrected chi connectivity index (χ4v) is 7.90. The van der Waals surface area contributed by atoms with Crippen LogP contribution in [0.2, 0.25) is 0 Å². The van der Waals surface area contributed by atoms with E-state index in [0.717, 1.165) is 39.8 Å². The molecular weight excluding hydrogens is 667 g/mol. The molecule has 55 heavy (non-hydrogen) atoms. The number of fused-ring (bicyclic) bond motifs is 3. The smallest absolute Gasteiger partial charge is 0.164 e. The molecule has 0 aliphatic heterocycles. The lowest BCUT2D eigenvalue weighted by molar-refractivity contribution is 1.07. The van der Waals surface area contributed by atoms with Crippen molar-refractivity contribution in [3.05, 3.63) is 211 Å². The molecule has 1 aliphatic carbocycles. The van der Waals surface area contributed by atoms with Crippen molar-refractivity contribution >= 4 is 0 Å². The Morgan fingerprint density at radius 2 is 0.618 bits per heavy atom. The molecule has 0 atom stereocenters. The van der Waals surface area contributed by atoms with Gasteiger partial charge in [-0.15, -0.1) is 0 Å². The van der Waals surface area contributed by atoms with Crippen LogP contribution in [0, 0.1) is 0 Å². The van der Waals surface area contributed by atoms with Gasteiger partial charge in [-0.1, -0.05) is 170 Å². The van der Waals surface area contributed by atoms with E-state index in [1.54, 1.807) is 0 Å². The highest BCUT2D eigenvalue weighted by molar-refractivity contribution is 5.93. The monoisotopic (exact) mass is 701 g/mol. The van der Waals surface area contributed by atoms with Crippen LogP contribution in [0.25, 0.3) is 89.8 Å². The van der Waals surface area contributed by atoms with Gasteiger partial charge in [0.05, 0.1) is 0 Å². The van der Waals surface area contributed by atoms with Crippen LogP contribution in [0.1, 0.15) is 11.1 Å². The van der Waals surface area contributed by atoms with Gasteiger partial charge in [-0.25, -0.2) is 15.0 Å². The summed E-state index contributed by atoms with van der Waals surface area (Å²) in [7, 11) is 0. The molecule has 0 N–H and O–H groups in total. The van der Waals surface area contributed by atoms with Crippen LogP contribution in [-0.2, 0) is 6.42 Å². The van der Waals surface area contributed by atoms with E-state index < -0.39 is 0 Å². The molecule has 1 aliphatic rings. The molecule has 8 aromatic carbocycles. The summed E-state index contributed by atoms with van der Waals surface area (Å²) < 4.78 is 0. The second-order valence-electron chi connectivity index (χ2n) is 14.0. The molecule has 0 saturated heterocycles. The van der Waals surface area contributed by atoms with Crippen molar-refractivity contribution in [3.8, 4) is 89.8 Å². The Bertz CT molecular complexity index is 2740. The van der Waals surface area contributed by atoms with Crippen LogP contribution >= 0.6 is 0 Å². The first kappa shape index (κ1) is 32.4. The number of aromatic nitrogens is 3.